The molecule has 0 aliphatic heterocycles. The van der Waals surface area contributed by atoms with E-state index in [0.29, 0.717) is 30.8 Å². The van der Waals surface area contributed by atoms with Crippen molar-refractivity contribution in [1.29, 1.82) is 0 Å². The number of amides is 2. The van der Waals surface area contributed by atoms with Gasteiger partial charge in [0.2, 0.25) is 5.91 Å². The smallest absolute Gasteiger partial charge is 0.276 e. The Morgan fingerprint density at radius 2 is 1.96 bits per heavy atom. The molecule has 0 spiro atoms. The SMILES string of the molecule is CC(N)CC(N)=O.COCCN(C(=O)c1cc(C2CC2)on1)C1CCCCC1. The van der Waals surface area contributed by atoms with Crippen LogP contribution in [0.25, 0.3) is 0 Å². The Labute approximate surface area is 166 Å². The summed E-state index contributed by atoms with van der Waals surface area (Å²) in [5, 5.41) is 3.99. The van der Waals surface area contributed by atoms with Crippen molar-refractivity contribution in [3.8, 4) is 0 Å². The van der Waals surface area contributed by atoms with Crippen LogP contribution >= 0.6 is 0 Å². The van der Waals surface area contributed by atoms with Crippen molar-refractivity contribution in [2.24, 2.45) is 11.5 Å². The first-order valence-electron chi connectivity index (χ1n) is 10.2. The largest absolute Gasteiger partial charge is 0.383 e. The van der Waals surface area contributed by atoms with Crippen molar-refractivity contribution < 1.29 is 18.8 Å². The summed E-state index contributed by atoms with van der Waals surface area (Å²) in [6, 6.07) is 2.06. The maximum Gasteiger partial charge on any atom is 0.276 e. The number of aromatic nitrogens is 1. The molecule has 1 heterocycles. The summed E-state index contributed by atoms with van der Waals surface area (Å²) in [6.07, 6.45) is 8.43. The van der Waals surface area contributed by atoms with Crippen LogP contribution in [0.4, 0.5) is 0 Å². The number of nitrogens with zero attached hydrogens (tertiary/aromatic N) is 2. The average Bonchev–Trinajstić information content (AvgIpc) is 3.39. The lowest BCUT2D eigenvalue weighted by Crippen LogP contribution is -2.43. The van der Waals surface area contributed by atoms with Crippen LogP contribution in [0.5, 0.6) is 0 Å². The van der Waals surface area contributed by atoms with Gasteiger partial charge in [-0.2, -0.15) is 0 Å². The van der Waals surface area contributed by atoms with Crippen LogP contribution in [0.3, 0.4) is 0 Å². The van der Waals surface area contributed by atoms with Gasteiger partial charge in [-0.05, 0) is 32.6 Å². The second kappa shape index (κ2) is 11.2. The molecule has 2 aliphatic carbocycles. The summed E-state index contributed by atoms with van der Waals surface area (Å²) in [5.74, 6) is 1.01. The van der Waals surface area contributed by atoms with Crippen molar-refractivity contribution in [2.45, 2.75) is 76.3 Å². The molecule has 1 unspecified atom stereocenters. The fourth-order valence-corrected chi connectivity index (χ4v) is 3.45. The van der Waals surface area contributed by atoms with Gasteiger partial charge >= 0.3 is 0 Å². The number of ether oxygens (including phenoxy) is 1. The molecular formula is C20H34N4O4. The van der Waals surface area contributed by atoms with Crippen LogP contribution in [-0.4, -0.2) is 54.2 Å². The average molecular weight is 395 g/mol. The molecule has 4 N–H and O–H groups in total. The van der Waals surface area contributed by atoms with Gasteiger partial charge in [-0.15, -0.1) is 0 Å². The van der Waals surface area contributed by atoms with Crippen molar-refractivity contribution in [2.75, 3.05) is 20.3 Å². The van der Waals surface area contributed by atoms with Crippen molar-refractivity contribution >= 4 is 11.8 Å². The third-order valence-corrected chi connectivity index (χ3v) is 5.06. The molecule has 0 saturated heterocycles. The number of rotatable bonds is 8. The number of hydrogen-bond acceptors (Lipinski definition) is 6. The predicted molar refractivity (Wildman–Crippen MR) is 106 cm³/mol. The van der Waals surface area contributed by atoms with Gasteiger partial charge in [-0.1, -0.05) is 24.4 Å². The molecule has 2 fully saturated rings. The summed E-state index contributed by atoms with van der Waals surface area (Å²) < 4.78 is 10.5. The predicted octanol–water partition coefficient (Wildman–Crippen LogP) is 2.18. The number of carbonyl (C=O) groups excluding carboxylic acids is 2. The van der Waals surface area contributed by atoms with E-state index >= 15 is 0 Å². The molecule has 8 heteroatoms. The molecule has 1 aromatic rings. The Bertz CT molecular complexity index is 621. The van der Waals surface area contributed by atoms with Crippen LogP contribution in [0, 0.1) is 0 Å². The Morgan fingerprint density at radius 3 is 2.46 bits per heavy atom. The van der Waals surface area contributed by atoms with E-state index in [1.807, 2.05) is 11.0 Å². The van der Waals surface area contributed by atoms with E-state index < -0.39 is 0 Å². The fourth-order valence-electron chi connectivity index (χ4n) is 3.45. The molecular weight excluding hydrogens is 360 g/mol. The molecule has 8 nitrogen and oxygen atoms in total. The van der Waals surface area contributed by atoms with Crippen molar-refractivity contribution in [3.05, 3.63) is 17.5 Å². The number of hydrogen-bond donors (Lipinski definition) is 2. The first kappa shape index (κ1) is 22.4. The third-order valence-electron chi connectivity index (χ3n) is 5.06. The highest BCUT2D eigenvalue weighted by Crippen LogP contribution is 2.40. The normalized spacial score (nSPS) is 18.1. The van der Waals surface area contributed by atoms with Gasteiger partial charge in [-0.25, -0.2) is 0 Å². The zero-order valence-electron chi connectivity index (χ0n) is 17.1. The van der Waals surface area contributed by atoms with Gasteiger partial charge in [0.05, 0.1) is 6.61 Å². The van der Waals surface area contributed by atoms with Gasteiger partial charge < -0.3 is 25.6 Å². The lowest BCUT2D eigenvalue weighted by Gasteiger charge is -2.33. The molecule has 2 saturated carbocycles. The van der Waals surface area contributed by atoms with E-state index in [4.69, 9.17) is 20.7 Å². The van der Waals surface area contributed by atoms with Gasteiger partial charge in [-0.3, -0.25) is 9.59 Å². The van der Waals surface area contributed by atoms with Crippen LogP contribution in [0.2, 0.25) is 0 Å². The fraction of sp³-hybridized carbons (Fsp3) is 0.750. The Hall–Kier alpha value is -1.93. The monoisotopic (exact) mass is 394 g/mol. The molecule has 2 aliphatic rings. The highest BCUT2D eigenvalue weighted by Gasteiger charge is 2.31. The molecule has 28 heavy (non-hydrogen) atoms. The minimum atomic E-state index is -0.338. The minimum Gasteiger partial charge on any atom is -0.383 e. The molecule has 158 valence electrons. The second-order valence-electron chi connectivity index (χ2n) is 7.82. The van der Waals surface area contributed by atoms with E-state index in [0.717, 1.165) is 31.4 Å². The highest BCUT2D eigenvalue weighted by atomic mass is 16.5. The lowest BCUT2D eigenvalue weighted by atomic mass is 9.94. The molecule has 0 radical (unpaired) electrons. The second-order valence-corrected chi connectivity index (χ2v) is 7.82. The van der Waals surface area contributed by atoms with E-state index in [2.05, 4.69) is 5.16 Å². The van der Waals surface area contributed by atoms with Crippen LogP contribution in [-0.2, 0) is 9.53 Å². The molecule has 2 amide bonds. The first-order valence-corrected chi connectivity index (χ1v) is 10.2. The van der Waals surface area contributed by atoms with Crippen molar-refractivity contribution in [3.63, 3.8) is 0 Å². The van der Waals surface area contributed by atoms with E-state index in [9.17, 15) is 9.59 Å². The lowest BCUT2D eigenvalue weighted by molar-refractivity contribution is -0.118. The first-order chi connectivity index (χ1) is 13.4. The zero-order valence-corrected chi connectivity index (χ0v) is 17.1. The topological polar surface area (TPSA) is 125 Å². The molecule has 0 aromatic carbocycles. The zero-order chi connectivity index (χ0) is 20.5. The summed E-state index contributed by atoms with van der Waals surface area (Å²) in [5.41, 5.74) is 10.4. The maximum absolute atomic E-state index is 12.8. The number of nitrogens with two attached hydrogens (primary N) is 2. The molecule has 0 bridgehead atoms. The quantitative estimate of drug-likeness (QED) is 0.696. The van der Waals surface area contributed by atoms with Gasteiger partial charge in [0.25, 0.3) is 5.91 Å². The highest BCUT2D eigenvalue weighted by molar-refractivity contribution is 5.92. The van der Waals surface area contributed by atoms with E-state index in [-0.39, 0.29) is 24.3 Å². The minimum absolute atomic E-state index is 0.00500. The van der Waals surface area contributed by atoms with E-state index in [1.54, 1.807) is 14.0 Å². The van der Waals surface area contributed by atoms with Crippen LogP contribution in [0.1, 0.15) is 80.5 Å². The standard InChI is InChI=1S/C16H24N2O3.C4H10N2O/c1-20-10-9-18(13-5-3-2-4-6-13)16(19)14-11-15(21-17-14)12-7-8-12;1-3(5)2-4(6)7/h11-13H,2-10H2,1H3;3H,2,5H2,1H3,(H2,6,7). The number of methoxy groups -OCH3 is 1. The Balaban J connectivity index is 0.000000345. The van der Waals surface area contributed by atoms with Crippen molar-refractivity contribution in [1.82, 2.24) is 10.1 Å². The molecule has 1 atom stereocenters. The summed E-state index contributed by atoms with van der Waals surface area (Å²) in [6.45, 7) is 2.94. The van der Waals surface area contributed by atoms with Gasteiger partial charge in [0.15, 0.2) is 5.69 Å². The van der Waals surface area contributed by atoms with Crippen LogP contribution in [0.15, 0.2) is 10.6 Å². The van der Waals surface area contributed by atoms with Crippen LogP contribution < -0.4 is 11.5 Å². The molecule has 1 aromatic heterocycles. The summed E-state index contributed by atoms with van der Waals surface area (Å²) in [4.78, 5) is 24.6. The van der Waals surface area contributed by atoms with Gasteiger partial charge in [0, 0.05) is 44.1 Å². The van der Waals surface area contributed by atoms with Gasteiger partial charge in [0.1, 0.15) is 5.76 Å². The van der Waals surface area contributed by atoms with E-state index in [1.165, 1.54) is 19.3 Å². The summed E-state index contributed by atoms with van der Waals surface area (Å²) >= 11 is 0. The third kappa shape index (κ3) is 7.24. The molecule has 3 rings (SSSR count). The number of carbonyl (C=O) groups is 2. The maximum atomic E-state index is 12.8. The Morgan fingerprint density at radius 1 is 1.29 bits per heavy atom. The Kier molecular flexibility index (Phi) is 8.92. The summed E-state index contributed by atoms with van der Waals surface area (Å²) in [7, 11) is 1.67. The number of primary amides is 1.